The second-order valence-corrected chi connectivity index (χ2v) is 4.25. The van der Waals surface area contributed by atoms with Crippen LogP contribution in [0.3, 0.4) is 0 Å². The van der Waals surface area contributed by atoms with E-state index in [1.807, 2.05) is 31.2 Å². The number of rotatable bonds is 2. The Morgan fingerprint density at radius 2 is 2.06 bits per heavy atom. The minimum atomic E-state index is -0.375. The molecule has 1 aromatic rings. The van der Waals surface area contributed by atoms with Crippen molar-refractivity contribution in [2.75, 3.05) is 0 Å². The maximum absolute atomic E-state index is 11.4. The number of carbonyl (C=O) groups excluding carboxylic acids is 1. The van der Waals surface area contributed by atoms with E-state index in [1.54, 1.807) is 6.08 Å². The van der Waals surface area contributed by atoms with E-state index in [9.17, 15) is 4.79 Å². The lowest BCUT2D eigenvalue weighted by atomic mass is 10.2. The standard InChI is InChI=1S/C12H10BrNO2/c1-2-11-14-10(12(15)16-11)7-8-3-5-9(13)6-4-8/h3-7H,2H2,1H3/b10-7-. The van der Waals surface area contributed by atoms with E-state index in [2.05, 4.69) is 20.9 Å². The van der Waals surface area contributed by atoms with Crippen LogP contribution in [0.15, 0.2) is 39.4 Å². The van der Waals surface area contributed by atoms with Crippen LogP contribution in [0.25, 0.3) is 6.08 Å². The molecule has 0 N–H and O–H groups in total. The Morgan fingerprint density at radius 3 is 2.62 bits per heavy atom. The number of hydrogen-bond donors (Lipinski definition) is 0. The molecular weight excluding hydrogens is 270 g/mol. The molecule has 0 unspecified atom stereocenters. The van der Waals surface area contributed by atoms with Gasteiger partial charge in [0.2, 0.25) is 0 Å². The van der Waals surface area contributed by atoms with E-state index in [4.69, 9.17) is 4.74 Å². The number of hydrogen-bond acceptors (Lipinski definition) is 3. The Balaban J connectivity index is 2.28. The van der Waals surface area contributed by atoms with Crippen LogP contribution >= 0.6 is 15.9 Å². The number of nitrogens with zero attached hydrogens (tertiary/aromatic N) is 1. The van der Waals surface area contributed by atoms with Crippen LogP contribution in [0, 0.1) is 0 Å². The molecule has 16 heavy (non-hydrogen) atoms. The predicted octanol–water partition coefficient (Wildman–Crippen LogP) is 3.16. The molecule has 1 heterocycles. The van der Waals surface area contributed by atoms with Crippen molar-refractivity contribution >= 4 is 33.9 Å². The minimum absolute atomic E-state index is 0.360. The third-order valence-electron chi connectivity index (χ3n) is 2.14. The molecule has 0 spiro atoms. The highest BCUT2D eigenvalue weighted by molar-refractivity contribution is 9.10. The maximum atomic E-state index is 11.4. The lowest BCUT2D eigenvalue weighted by Gasteiger charge is -1.94. The molecule has 0 aromatic heterocycles. The van der Waals surface area contributed by atoms with Gasteiger partial charge in [0.1, 0.15) is 0 Å². The second-order valence-electron chi connectivity index (χ2n) is 3.33. The molecule has 0 radical (unpaired) electrons. The summed E-state index contributed by atoms with van der Waals surface area (Å²) in [5, 5.41) is 0. The first-order valence-corrected chi connectivity index (χ1v) is 5.75. The third kappa shape index (κ3) is 2.39. The van der Waals surface area contributed by atoms with Gasteiger partial charge in [0.05, 0.1) is 0 Å². The molecule has 0 bridgehead atoms. The summed E-state index contributed by atoms with van der Waals surface area (Å²) in [5.41, 5.74) is 1.29. The van der Waals surface area contributed by atoms with E-state index in [0.29, 0.717) is 18.0 Å². The molecule has 1 aliphatic rings. The fourth-order valence-corrected chi connectivity index (χ4v) is 1.59. The summed E-state index contributed by atoms with van der Waals surface area (Å²) in [4.78, 5) is 15.5. The Labute approximate surface area is 102 Å². The van der Waals surface area contributed by atoms with Gasteiger partial charge in [-0.3, -0.25) is 0 Å². The van der Waals surface area contributed by atoms with Crippen molar-refractivity contribution in [2.45, 2.75) is 13.3 Å². The van der Waals surface area contributed by atoms with Gasteiger partial charge < -0.3 is 4.74 Å². The molecule has 2 rings (SSSR count). The Bertz CT molecular complexity index is 474. The molecule has 0 saturated carbocycles. The second kappa shape index (κ2) is 4.61. The summed E-state index contributed by atoms with van der Waals surface area (Å²) in [7, 11) is 0. The van der Waals surface area contributed by atoms with Crippen LogP contribution in [0.2, 0.25) is 0 Å². The summed E-state index contributed by atoms with van der Waals surface area (Å²) >= 11 is 3.35. The normalized spacial score (nSPS) is 17.5. The minimum Gasteiger partial charge on any atom is -0.407 e. The summed E-state index contributed by atoms with van der Waals surface area (Å²) in [6.07, 6.45) is 2.35. The lowest BCUT2D eigenvalue weighted by molar-refractivity contribution is -0.130. The molecule has 0 aliphatic carbocycles. The molecule has 3 nitrogen and oxygen atoms in total. The summed E-state index contributed by atoms with van der Waals surface area (Å²) in [6, 6.07) is 7.64. The van der Waals surface area contributed by atoms with Crippen LogP contribution in [-0.2, 0) is 9.53 Å². The fraction of sp³-hybridized carbons (Fsp3) is 0.167. The zero-order valence-corrected chi connectivity index (χ0v) is 10.3. The van der Waals surface area contributed by atoms with Gasteiger partial charge in [-0.25, -0.2) is 9.79 Å². The van der Waals surface area contributed by atoms with Crippen molar-refractivity contribution < 1.29 is 9.53 Å². The first kappa shape index (κ1) is 11.1. The van der Waals surface area contributed by atoms with Crippen molar-refractivity contribution in [3.05, 3.63) is 40.0 Å². The average Bonchev–Trinajstić information content (AvgIpc) is 2.63. The first-order valence-electron chi connectivity index (χ1n) is 4.96. The highest BCUT2D eigenvalue weighted by Crippen LogP contribution is 2.18. The zero-order chi connectivity index (χ0) is 11.5. The van der Waals surface area contributed by atoms with E-state index >= 15 is 0 Å². The topological polar surface area (TPSA) is 38.7 Å². The van der Waals surface area contributed by atoms with Crippen LogP contribution in [0.1, 0.15) is 18.9 Å². The number of halogens is 1. The monoisotopic (exact) mass is 279 g/mol. The van der Waals surface area contributed by atoms with Gasteiger partial charge in [-0.05, 0) is 23.8 Å². The highest BCUT2D eigenvalue weighted by atomic mass is 79.9. The Hall–Kier alpha value is -1.42. The molecule has 1 aromatic carbocycles. The fourth-order valence-electron chi connectivity index (χ4n) is 1.32. The number of benzene rings is 1. The molecular formula is C12H10BrNO2. The number of ether oxygens (including phenoxy) is 1. The molecule has 82 valence electrons. The molecule has 0 amide bonds. The SMILES string of the molecule is CCC1=N/C(=C\c2ccc(Br)cc2)C(=O)O1. The average molecular weight is 280 g/mol. The lowest BCUT2D eigenvalue weighted by Crippen LogP contribution is -2.02. The van der Waals surface area contributed by atoms with Crippen molar-refractivity contribution in [1.82, 2.24) is 0 Å². The van der Waals surface area contributed by atoms with Crippen LogP contribution < -0.4 is 0 Å². The van der Waals surface area contributed by atoms with Crippen LogP contribution in [0.4, 0.5) is 0 Å². The molecule has 0 atom stereocenters. The summed E-state index contributed by atoms with van der Waals surface area (Å²) in [6.45, 7) is 1.90. The van der Waals surface area contributed by atoms with Crippen molar-refractivity contribution in [3.63, 3.8) is 0 Å². The Morgan fingerprint density at radius 1 is 1.38 bits per heavy atom. The van der Waals surface area contributed by atoms with Gasteiger partial charge in [-0.1, -0.05) is 35.0 Å². The number of aliphatic imine (C=N–C) groups is 1. The number of cyclic esters (lactones) is 1. The smallest absolute Gasteiger partial charge is 0.363 e. The van der Waals surface area contributed by atoms with Crippen molar-refractivity contribution in [1.29, 1.82) is 0 Å². The van der Waals surface area contributed by atoms with E-state index in [0.717, 1.165) is 10.0 Å². The van der Waals surface area contributed by atoms with Gasteiger partial charge in [0.15, 0.2) is 11.6 Å². The zero-order valence-electron chi connectivity index (χ0n) is 8.74. The molecule has 4 heteroatoms. The molecule has 0 fully saturated rings. The quantitative estimate of drug-likeness (QED) is 0.616. The van der Waals surface area contributed by atoms with E-state index in [1.165, 1.54) is 0 Å². The molecule has 0 saturated heterocycles. The number of carbonyl (C=O) groups is 1. The van der Waals surface area contributed by atoms with Gasteiger partial charge in [0, 0.05) is 10.9 Å². The predicted molar refractivity (Wildman–Crippen MR) is 65.9 cm³/mol. The summed E-state index contributed by atoms with van der Waals surface area (Å²) < 4.78 is 5.95. The first-order chi connectivity index (χ1) is 7.69. The maximum Gasteiger partial charge on any atom is 0.363 e. The molecule has 1 aliphatic heterocycles. The summed E-state index contributed by atoms with van der Waals surface area (Å²) in [5.74, 6) is 0.105. The highest BCUT2D eigenvalue weighted by Gasteiger charge is 2.21. The van der Waals surface area contributed by atoms with Gasteiger partial charge in [-0.2, -0.15) is 0 Å². The van der Waals surface area contributed by atoms with Gasteiger partial charge in [0.25, 0.3) is 0 Å². The Kier molecular flexibility index (Phi) is 3.19. The number of esters is 1. The van der Waals surface area contributed by atoms with E-state index in [-0.39, 0.29) is 5.97 Å². The van der Waals surface area contributed by atoms with Gasteiger partial charge in [-0.15, -0.1) is 0 Å². The third-order valence-corrected chi connectivity index (χ3v) is 2.67. The van der Waals surface area contributed by atoms with Crippen LogP contribution in [-0.4, -0.2) is 11.9 Å². The van der Waals surface area contributed by atoms with Gasteiger partial charge >= 0.3 is 5.97 Å². The van der Waals surface area contributed by atoms with Crippen LogP contribution in [0.5, 0.6) is 0 Å². The van der Waals surface area contributed by atoms with Crippen molar-refractivity contribution in [3.8, 4) is 0 Å². The van der Waals surface area contributed by atoms with E-state index < -0.39 is 0 Å². The van der Waals surface area contributed by atoms with Crippen molar-refractivity contribution in [2.24, 2.45) is 4.99 Å². The largest absolute Gasteiger partial charge is 0.407 e.